The van der Waals surface area contributed by atoms with Crippen molar-refractivity contribution in [2.24, 2.45) is 5.92 Å². The Balaban J connectivity index is 2.01. The Morgan fingerprint density at radius 1 is 1.29 bits per heavy atom. The van der Waals surface area contributed by atoms with Crippen LogP contribution in [-0.2, 0) is 10.8 Å². The van der Waals surface area contributed by atoms with Crippen molar-refractivity contribution in [2.45, 2.75) is 44.9 Å². The summed E-state index contributed by atoms with van der Waals surface area (Å²) in [5, 5.41) is 8.34. The average molecular weight is 213 g/mol. The molecule has 0 aromatic carbocycles. The minimum absolute atomic E-state index is 0.612. The highest BCUT2D eigenvalue weighted by molar-refractivity contribution is 7.84. The molecule has 1 atom stereocenters. The van der Waals surface area contributed by atoms with E-state index in [4.69, 9.17) is 5.26 Å². The Morgan fingerprint density at radius 2 is 2.00 bits per heavy atom. The largest absolute Gasteiger partial charge is 0.260 e. The first-order valence-electron chi connectivity index (χ1n) is 5.55. The van der Waals surface area contributed by atoms with Gasteiger partial charge in [0.15, 0.2) is 0 Å². The predicted molar refractivity (Wildman–Crippen MR) is 59.3 cm³/mol. The summed E-state index contributed by atoms with van der Waals surface area (Å²) in [6.45, 7) is 0. The van der Waals surface area contributed by atoms with Crippen molar-refractivity contribution in [2.75, 3.05) is 11.5 Å². The molecule has 0 heterocycles. The van der Waals surface area contributed by atoms with E-state index in [1.54, 1.807) is 0 Å². The number of hydrogen-bond donors (Lipinski definition) is 0. The first kappa shape index (κ1) is 11.7. The minimum atomic E-state index is -0.623. The molecule has 1 saturated carbocycles. The quantitative estimate of drug-likeness (QED) is 0.636. The summed E-state index contributed by atoms with van der Waals surface area (Å²) < 4.78 is 11.6. The Hall–Kier alpha value is -0.360. The van der Waals surface area contributed by atoms with Crippen LogP contribution in [0.4, 0.5) is 0 Å². The Labute approximate surface area is 89.1 Å². The number of nitrogens with zero attached hydrogens (tertiary/aromatic N) is 1. The summed E-state index contributed by atoms with van der Waals surface area (Å²) in [6.07, 6.45) is 7.70. The monoisotopic (exact) mass is 213 g/mol. The summed E-state index contributed by atoms with van der Waals surface area (Å²) in [6, 6.07) is 2.12. The average Bonchev–Trinajstić information content (AvgIpc) is 2.65. The van der Waals surface area contributed by atoms with Crippen LogP contribution in [0, 0.1) is 17.2 Å². The van der Waals surface area contributed by atoms with Crippen molar-refractivity contribution in [1.29, 1.82) is 5.26 Å². The van der Waals surface area contributed by atoms with E-state index < -0.39 is 10.8 Å². The number of rotatable bonds is 6. The van der Waals surface area contributed by atoms with Crippen molar-refractivity contribution >= 4 is 10.8 Å². The Morgan fingerprint density at radius 3 is 2.64 bits per heavy atom. The van der Waals surface area contributed by atoms with Gasteiger partial charge in [0.25, 0.3) is 0 Å². The smallest absolute Gasteiger partial charge is 0.0621 e. The fourth-order valence-corrected chi connectivity index (χ4v) is 3.54. The lowest BCUT2D eigenvalue weighted by molar-refractivity contribution is 0.603. The molecule has 0 aliphatic heterocycles. The third-order valence-corrected chi connectivity index (χ3v) is 4.39. The maximum Gasteiger partial charge on any atom is 0.0621 e. The molecule has 1 aliphatic rings. The molecule has 0 aromatic heterocycles. The molecule has 0 saturated heterocycles. The Kier molecular flexibility index (Phi) is 5.86. The molecule has 1 fully saturated rings. The summed E-state index contributed by atoms with van der Waals surface area (Å²) in [5.41, 5.74) is 0. The van der Waals surface area contributed by atoms with E-state index >= 15 is 0 Å². The summed E-state index contributed by atoms with van der Waals surface area (Å²) in [7, 11) is -0.623. The van der Waals surface area contributed by atoms with Crippen LogP contribution < -0.4 is 0 Å². The molecule has 2 nitrogen and oxygen atoms in total. The lowest BCUT2D eigenvalue weighted by Crippen LogP contribution is -2.10. The molecule has 0 N–H and O–H groups in total. The molecule has 0 bridgehead atoms. The van der Waals surface area contributed by atoms with Gasteiger partial charge in [-0.2, -0.15) is 5.26 Å². The second-order valence-electron chi connectivity index (χ2n) is 4.08. The van der Waals surface area contributed by atoms with Crippen LogP contribution in [0.3, 0.4) is 0 Å². The number of nitriles is 1. The van der Waals surface area contributed by atoms with E-state index in [1.807, 2.05) is 0 Å². The van der Waals surface area contributed by atoms with Crippen LogP contribution >= 0.6 is 0 Å². The highest BCUT2D eigenvalue weighted by Gasteiger charge is 2.17. The normalized spacial score (nSPS) is 19.4. The van der Waals surface area contributed by atoms with E-state index in [0.717, 1.165) is 30.3 Å². The van der Waals surface area contributed by atoms with Crippen LogP contribution in [0.2, 0.25) is 0 Å². The van der Waals surface area contributed by atoms with Gasteiger partial charge in [0, 0.05) is 28.7 Å². The second-order valence-corrected chi connectivity index (χ2v) is 5.70. The van der Waals surface area contributed by atoms with Crippen molar-refractivity contribution in [3.8, 4) is 6.07 Å². The zero-order valence-corrected chi connectivity index (χ0v) is 9.52. The first-order chi connectivity index (χ1) is 6.83. The molecule has 1 aliphatic carbocycles. The number of unbranched alkanes of at least 4 members (excludes halogenated alkanes) is 2. The van der Waals surface area contributed by atoms with E-state index in [2.05, 4.69) is 6.07 Å². The van der Waals surface area contributed by atoms with E-state index in [9.17, 15) is 4.21 Å². The molecule has 0 aromatic rings. The summed E-state index contributed by atoms with van der Waals surface area (Å²) >= 11 is 0. The molecule has 0 spiro atoms. The van der Waals surface area contributed by atoms with Gasteiger partial charge in [-0.1, -0.05) is 12.8 Å². The Bertz CT molecular complexity index is 216. The minimum Gasteiger partial charge on any atom is -0.260 e. The van der Waals surface area contributed by atoms with Crippen molar-refractivity contribution in [1.82, 2.24) is 0 Å². The molecule has 80 valence electrons. The maximum atomic E-state index is 11.6. The summed E-state index contributed by atoms with van der Waals surface area (Å²) in [5.74, 6) is 2.44. The zero-order chi connectivity index (χ0) is 10.2. The van der Waals surface area contributed by atoms with Gasteiger partial charge in [-0.25, -0.2) is 0 Å². The van der Waals surface area contributed by atoms with Crippen molar-refractivity contribution in [3.05, 3.63) is 0 Å². The van der Waals surface area contributed by atoms with Gasteiger partial charge >= 0.3 is 0 Å². The third kappa shape index (κ3) is 4.76. The van der Waals surface area contributed by atoms with Crippen LogP contribution in [0.25, 0.3) is 0 Å². The molecular formula is C11H19NOS. The van der Waals surface area contributed by atoms with Gasteiger partial charge in [0.05, 0.1) is 6.07 Å². The maximum absolute atomic E-state index is 11.6. The lowest BCUT2D eigenvalue weighted by atomic mass is 10.1. The van der Waals surface area contributed by atoms with Crippen LogP contribution in [0.15, 0.2) is 0 Å². The van der Waals surface area contributed by atoms with Gasteiger partial charge in [-0.05, 0) is 31.6 Å². The van der Waals surface area contributed by atoms with Gasteiger partial charge in [-0.3, -0.25) is 4.21 Å². The first-order valence-corrected chi connectivity index (χ1v) is 7.03. The van der Waals surface area contributed by atoms with Crippen LogP contribution in [-0.4, -0.2) is 15.7 Å². The zero-order valence-electron chi connectivity index (χ0n) is 8.71. The van der Waals surface area contributed by atoms with E-state index in [0.29, 0.717) is 6.42 Å². The van der Waals surface area contributed by atoms with Crippen molar-refractivity contribution < 1.29 is 4.21 Å². The van der Waals surface area contributed by atoms with Gasteiger partial charge in [0.2, 0.25) is 0 Å². The highest BCUT2D eigenvalue weighted by Crippen LogP contribution is 2.25. The van der Waals surface area contributed by atoms with Gasteiger partial charge in [-0.15, -0.1) is 0 Å². The third-order valence-electron chi connectivity index (χ3n) is 2.81. The van der Waals surface area contributed by atoms with Gasteiger partial charge < -0.3 is 0 Å². The van der Waals surface area contributed by atoms with Crippen molar-refractivity contribution in [3.63, 3.8) is 0 Å². The fourth-order valence-electron chi connectivity index (χ4n) is 1.99. The highest BCUT2D eigenvalue weighted by atomic mass is 32.2. The lowest BCUT2D eigenvalue weighted by Gasteiger charge is -2.07. The summed E-state index contributed by atoms with van der Waals surface area (Å²) in [4.78, 5) is 0. The molecule has 0 radical (unpaired) electrons. The number of hydrogen-bond acceptors (Lipinski definition) is 2. The van der Waals surface area contributed by atoms with E-state index in [1.165, 1.54) is 25.7 Å². The van der Waals surface area contributed by atoms with Crippen LogP contribution in [0.1, 0.15) is 44.9 Å². The fraction of sp³-hybridized carbons (Fsp3) is 0.909. The van der Waals surface area contributed by atoms with E-state index in [-0.39, 0.29) is 0 Å². The molecule has 0 amide bonds. The molecule has 3 heteroatoms. The SMILES string of the molecule is N#CCCCCS(=O)CC1CCCC1. The standard InChI is InChI=1S/C11H19NOS/c12-8-4-1-5-9-14(13)10-11-6-2-3-7-11/h11H,1-7,9-10H2. The second kappa shape index (κ2) is 7.00. The molecular weight excluding hydrogens is 194 g/mol. The van der Waals surface area contributed by atoms with Gasteiger partial charge in [0.1, 0.15) is 0 Å². The molecule has 1 unspecified atom stereocenters. The molecule has 1 rings (SSSR count). The van der Waals surface area contributed by atoms with Crippen LogP contribution in [0.5, 0.6) is 0 Å². The molecule has 14 heavy (non-hydrogen) atoms. The topological polar surface area (TPSA) is 40.9 Å². The predicted octanol–water partition coefficient (Wildman–Crippen LogP) is 2.62.